The van der Waals surface area contributed by atoms with E-state index in [2.05, 4.69) is 19.0 Å². The number of rotatable bonds is 4. The van der Waals surface area contributed by atoms with Crippen molar-refractivity contribution in [3.63, 3.8) is 0 Å². The first-order valence-electron chi connectivity index (χ1n) is 7.02. The van der Waals surface area contributed by atoms with Crippen LogP contribution in [-0.4, -0.2) is 49.4 Å². The normalized spacial score (nSPS) is 18.9. The van der Waals surface area contributed by atoms with Gasteiger partial charge in [0.15, 0.2) is 0 Å². The van der Waals surface area contributed by atoms with Crippen molar-refractivity contribution in [3.05, 3.63) is 39.9 Å². The summed E-state index contributed by atoms with van der Waals surface area (Å²) in [6.07, 6.45) is 4.46. The highest BCUT2D eigenvalue weighted by atomic mass is 35.5. The molecule has 0 bridgehead atoms. The third-order valence-electron chi connectivity index (χ3n) is 3.58. The van der Waals surface area contributed by atoms with Crippen molar-refractivity contribution >= 4 is 35.2 Å². The standard InChI is InChI=1S/C16H20Cl2N2O/c1-19(2)10-13-7-8-20(11-13)16(21)6-4-12-3-5-14(17)15(18)9-12/h3-6,9,13H,7-8,10-11H2,1-2H3/b6-4-/t13-/m1/s1. The Morgan fingerprint density at radius 3 is 2.81 bits per heavy atom. The van der Waals surface area contributed by atoms with Gasteiger partial charge in [-0.2, -0.15) is 0 Å². The van der Waals surface area contributed by atoms with Crippen molar-refractivity contribution in [3.8, 4) is 0 Å². The van der Waals surface area contributed by atoms with Crippen molar-refractivity contribution in [1.29, 1.82) is 0 Å². The summed E-state index contributed by atoms with van der Waals surface area (Å²) in [7, 11) is 4.13. The first kappa shape index (κ1) is 16.3. The number of carbonyl (C=O) groups is 1. The Balaban J connectivity index is 1.92. The van der Waals surface area contributed by atoms with Gasteiger partial charge in [-0.25, -0.2) is 0 Å². The topological polar surface area (TPSA) is 23.6 Å². The van der Waals surface area contributed by atoms with E-state index in [1.807, 2.05) is 11.0 Å². The highest BCUT2D eigenvalue weighted by molar-refractivity contribution is 6.42. The van der Waals surface area contributed by atoms with Crippen LogP contribution in [0.15, 0.2) is 24.3 Å². The summed E-state index contributed by atoms with van der Waals surface area (Å²) < 4.78 is 0. The molecule has 0 N–H and O–H groups in total. The molecule has 5 heteroatoms. The van der Waals surface area contributed by atoms with E-state index in [-0.39, 0.29) is 5.91 Å². The van der Waals surface area contributed by atoms with Gasteiger partial charge in [0, 0.05) is 25.7 Å². The van der Waals surface area contributed by atoms with E-state index in [0.29, 0.717) is 16.0 Å². The van der Waals surface area contributed by atoms with Gasteiger partial charge >= 0.3 is 0 Å². The van der Waals surface area contributed by atoms with Crippen LogP contribution >= 0.6 is 23.2 Å². The molecule has 1 aromatic carbocycles. The molecule has 1 heterocycles. The minimum atomic E-state index is 0.0577. The van der Waals surface area contributed by atoms with Gasteiger partial charge in [-0.3, -0.25) is 4.79 Å². The SMILES string of the molecule is CN(C)C[C@H]1CCN(C(=O)/C=C\c2ccc(Cl)c(Cl)c2)C1. The van der Waals surface area contributed by atoms with E-state index >= 15 is 0 Å². The van der Waals surface area contributed by atoms with Crippen LogP contribution in [0.2, 0.25) is 10.0 Å². The van der Waals surface area contributed by atoms with Gasteiger partial charge in [-0.15, -0.1) is 0 Å². The van der Waals surface area contributed by atoms with E-state index in [1.165, 1.54) is 0 Å². The fourth-order valence-electron chi connectivity index (χ4n) is 2.59. The van der Waals surface area contributed by atoms with Crippen LogP contribution in [0.5, 0.6) is 0 Å². The van der Waals surface area contributed by atoms with Gasteiger partial charge < -0.3 is 9.80 Å². The summed E-state index contributed by atoms with van der Waals surface area (Å²) in [4.78, 5) is 16.2. The zero-order valence-corrected chi connectivity index (χ0v) is 13.9. The molecule has 0 spiro atoms. The Morgan fingerprint density at radius 1 is 1.38 bits per heavy atom. The molecule has 1 atom stereocenters. The molecule has 1 aromatic rings. The molecule has 1 saturated heterocycles. The van der Waals surface area contributed by atoms with Gasteiger partial charge in [0.2, 0.25) is 5.91 Å². The van der Waals surface area contributed by atoms with E-state index in [0.717, 1.165) is 31.6 Å². The van der Waals surface area contributed by atoms with E-state index in [9.17, 15) is 4.79 Å². The Hall–Kier alpha value is -1.03. The lowest BCUT2D eigenvalue weighted by Crippen LogP contribution is -2.29. The van der Waals surface area contributed by atoms with Crippen molar-refractivity contribution in [1.82, 2.24) is 9.80 Å². The Labute approximate surface area is 136 Å². The van der Waals surface area contributed by atoms with Crippen molar-refractivity contribution in [2.45, 2.75) is 6.42 Å². The van der Waals surface area contributed by atoms with Crippen LogP contribution in [0.1, 0.15) is 12.0 Å². The average Bonchev–Trinajstić information content (AvgIpc) is 2.87. The van der Waals surface area contributed by atoms with Gasteiger partial charge in [-0.05, 0) is 50.2 Å². The monoisotopic (exact) mass is 326 g/mol. The van der Waals surface area contributed by atoms with Gasteiger partial charge in [0.1, 0.15) is 0 Å². The molecule has 1 aliphatic heterocycles. The molecule has 21 heavy (non-hydrogen) atoms. The third-order valence-corrected chi connectivity index (χ3v) is 4.32. The number of halogens is 2. The molecule has 0 unspecified atom stereocenters. The molecular formula is C16H20Cl2N2O. The largest absolute Gasteiger partial charge is 0.339 e. The molecule has 0 aromatic heterocycles. The number of hydrogen-bond donors (Lipinski definition) is 0. The van der Waals surface area contributed by atoms with Crippen molar-refractivity contribution < 1.29 is 4.79 Å². The average molecular weight is 327 g/mol. The Kier molecular flexibility index (Phi) is 5.68. The molecule has 1 aliphatic rings. The van der Waals surface area contributed by atoms with Crippen LogP contribution in [0.4, 0.5) is 0 Å². The predicted molar refractivity (Wildman–Crippen MR) is 88.7 cm³/mol. The van der Waals surface area contributed by atoms with Crippen LogP contribution in [0, 0.1) is 5.92 Å². The van der Waals surface area contributed by atoms with Gasteiger partial charge in [0.25, 0.3) is 0 Å². The molecule has 1 fully saturated rings. The summed E-state index contributed by atoms with van der Waals surface area (Å²) in [5.74, 6) is 0.629. The lowest BCUT2D eigenvalue weighted by atomic mass is 10.1. The Bertz CT molecular complexity index is 543. The fraction of sp³-hybridized carbons (Fsp3) is 0.438. The molecule has 0 aliphatic carbocycles. The first-order valence-corrected chi connectivity index (χ1v) is 7.78. The minimum absolute atomic E-state index is 0.0577. The third kappa shape index (κ3) is 4.73. The van der Waals surface area contributed by atoms with Crippen LogP contribution < -0.4 is 0 Å². The smallest absolute Gasteiger partial charge is 0.246 e. The van der Waals surface area contributed by atoms with Crippen molar-refractivity contribution in [2.75, 3.05) is 33.7 Å². The van der Waals surface area contributed by atoms with E-state index in [1.54, 1.807) is 24.3 Å². The molecule has 3 nitrogen and oxygen atoms in total. The second-order valence-electron chi connectivity index (χ2n) is 5.71. The fourth-order valence-corrected chi connectivity index (χ4v) is 2.89. The molecule has 0 saturated carbocycles. The van der Waals surface area contributed by atoms with E-state index in [4.69, 9.17) is 23.2 Å². The number of likely N-dealkylation sites (tertiary alicyclic amines) is 1. The maximum absolute atomic E-state index is 12.2. The minimum Gasteiger partial charge on any atom is -0.339 e. The number of carbonyl (C=O) groups excluding carboxylic acids is 1. The van der Waals surface area contributed by atoms with Crippen LogP contribution in [-0.2, 0) is 4.79 Å². The summed E-state index contributed by atoms with van der Waals surface area (Å²) in [6, 6.07) is 5.33. The number of hydrogen-bond acceptors (Lipinski definition) is 2. The Morgan fingerprint density at radius 2 is 2.14 bits per heavy atom. The summed E-state index contributed by atoms with van der Waals surface area (Å²) in [5, 5.41) is 1.02. The predicted octanol–water partition coefficient (Wildman–Crippen LogP) is 3.42. The summed E-state index contributed by atoms with van der Waals surface area (Å²) >= 11 is 11.8. The van der Waals surface area contributed by atoms with Crippen LogP contribution in [0.3, 0.4) is 0 Å². The lowest BCUT2D eigenvalue weighted by Gasteiger charge is -2.17. The summed E-state index contributed by atoms with van der Waals surface area (Å²) in [6.45, 7) is 2.70. The zero-order valence-electron chi connectivity index (χ0n) is 12.4. The number of benzene rings is 1. The maximum Gasteiger partial charge on any atom is 0.246 e. The quantitative estimate of drug-likeness (QED) is 0.791. The highest BCUT2D eigenvalue weighted by Gasteiger charge is 2.25. The molecule has 0 radical (unpaired) electrons. The van der Waals surface area contributed by atoms with Gasteiger partial charge in [0.05, 0.1) is 10.0 Å². The summed E-state index contributed by atoms with van der Waals surface area (Å²) in [5.41, 5.74) is 0.877. The zero-order chi connectivity index (χ0) is 15.4. The molecule has 1 amide bonds. The molecular weight excluding hydrogens is 307 g/mol. The van der Waals surface area contributed by atoms with E-state index < -0.39 is 0 Å². The second-order valence-corrected chi connectivity index (χ2v) is 6.52. The number of amides is 1. The van der Waals surface area contributed by atoms with Crippen LogP contribution in [0.25, 0.3) is 6.08 Å². The maximum atomic E-state index is 12.2. The number of nitrogens with zero attached hydrogens (tertiary/aromatic N) is 2. The lowest BCUT2D eigenvalue weighted by molar-refractivity contribution is -0.125. The van der Waals surface area contributed by atoms with Crippen molar-refractivity contribution in [2.24, 2.45) is 5.92 Å². The molecule has 2 rings (SSSR count). The highest BCUT2D eigenvalue weighted by Crippen LogP contribution is 2.23. The van der Waals surface area contributed by atoms with Gasteiger partial charge in [-0.1, -0.05) is 29.3 Å². The molecule has 114 valence electrons. The first-order chi connectivity index (χ1) is 9.95. The second kappa shape index (κ2) is 7.30.